The molecule has 0 saturated carbocycles. The highest BCUT2D eigenvalue weighted by molar-refractivity contribution is 9.10. The number of nitrogens with zero attached hydrogens (tertiary/aromatic N) is 1. The van der Waals surface area contributed by atoms with E-state index in [2.05, 4.69) is 20.9 Å². The van der Waals surface area contributed by atoms with E-state index >= 15 is 0 Å². The van der Waals surface area contributed by atoms with E-state index in [0.29, 0.717) is 12.3 Å². The molecule has 0 amide bonds. The molecule has 92 valence electrons. The summed E-state index contributed by atoms with van der Waals surface area (Å²) in [6.45, 7) is 0.386. The minimum Gasteiger partial charge on any atom is -0.489 e. The number of rotatable bonds is 4. The fourth-order valence-corrected chi connectivity index (χ4v) is 2.06. The summed E-state index contributed by atoms with van der Waals surface area (Å²) in [5, 5.41) is 0. The number of hydrogen-bond acceptors (Lipinski definition) is 3. The average Bonchev–Trinajstić information content (AvgIpc) is 2.37. The Morgan fingerprint density at radius 1 is 1.33 bits per heavy atom. The molecule has 0 fully saturated rings. The number of ether oxygens (including phenoxy) is 1. The van der Waals surface area contributed by atoms with E-state index in [1.165, 1.54) is 0 Å². The van der Waals surface area contributed by atoms with Crippen molar-refractivity contribution in [2.24, 2.45) is 5.73 Å². The molecule has 0 aliphatic heterocycles. The van der Waals surface area contributed by atoms with Crippen molar-refractivity contribution in [3.05, 3.63) is 58.3 Å². The third kappa shape index (κ3) is 3.27. The molecule has 0 saturated heterocycles. The second-order valence-electron chi connectivity index (χ2n) is 3.62. The van der Waals surface area contributed by atoms with Crippen LogP contribution in [0.25, 0.3) is 0 Å². The second-order valence-corrected chi connectivity index (χ2v) is 4.98. The lowest BCUT2D eigenvalue weighted by atomic mass is 10.2. The van der Waals surface area contributed by atoms with Gasteiger partial charge < -0.3 is 10.5 Å². The van der Waals surface area contributed by atoms with E-state index < -0.39 is 0 Å². The Balaban J connectivity index is 2.13. The van der Waals surface area contributed by atoms with Crippen LogP contribution in [-0.2, 0) is 6.61 Å². The van der Waals surface area contributed by atoms with Crippen molar-refractivity contribution in [1.82, 2.24) is 4.98 Å². The molecular weight excluding hydrogens is 312 g/mol. The third-order valence-corrected chi connectivity index (χ3v) is 3.00. The average molecular weight is 323 g/mol. The van der Waals surface area contributed by atoms with Gasteiger partial charge in [-0.2, -0.15) is 0 Å². The van der Waals surface area contributed by atoms with Crippen LogP contribution < -0.4 is 10.5 Å². The maximum Gasteiger partial charge on any atom is 0.123 e. The molecule has 3 nitrogen and oxygen atoms in total. The van der Waals surface area contributed by atoms with Crippen LogP contribution in [0.1, 0.15) is 11.3 Å². The molecule has 5 heteroatoms. The Labute approximate surface area is 119 Å². The van der Waals surface area contributed by atoms with Crippen LogP contribution in [0.15, 0.2) is 47.1 Å². The zero-order chi connectivity index (χ0) is 13.0. The van der Waals surface area contributed by atoms with Crippen LogP contribution in [0, 0.1) is 0 Å². The first-order valence-corrected chi connectivity index (χ1v) is 6.49. The summed E-state index contributed by atoms with van der Waals surface area (Å²) < 4.78 is 6.65. The number of aromatic nitrogens is 1. The van der Waals surface area contributed by atoms with Gasteiger partial charge in [0.05, 0.1) is 0 Å². The van der Waals surface area contributed by atoms with Gasteiger partial charge in [0.2, 0.25) is 0 Å². The zero-order valence-corrected chi connectivity index (χ0v) is 11.9. The Kier molecular flexibility index (Phi) is 4.28. The predicted octanol–water partition coefficient (Wildman–Crippen LogP) is 3.06. The number of benzene rings is 1. The highest BCUT2D eigenvalue weighted by Crippen LogP contribution is 2.19. The van der Waals surface area contributed by atoms with Crippen LogP contribution in [0.3, 0.4) is 0 Å². The van der Waals surface area contributed by atoms with E-state index in [-0.39, 0.29) is 4.99 Å². The number of halogens is 1. The number of hydrogen-bond donors (Lipinski definition) is 1. The SMILES string of the molecule is NC(=S)c1ncccc1COc1cccc(Br)c1. The molecule has 2 aromatic rings. The molecule has 0 atom stereocenters. The molecule has 0 aliphatic carbocycles. The summed E-state index contributed by atoms with van der Waals surface area (Å²) >= 11 is 8.35. The zero-order valence-electron chi connectivity index (χ0n) is 9.47. The lowest BCUT2D eigenvalue weighted by Gasteiger charge is -2.09. The van der Waals surface area contributed by atoms with E-state index in [1.54, 1.807) is 6.20 Å². The Hall–Kier alpha value is -1.46. The minimum absolute atomic E-state index is 0.281. The maximum absolute atomic E-state index is 5.68. The molecule has 1 heterocycles. The van der Waals surface area contributed by atoms with E-state index in [1.807, 2.05) is 36.4 Å². The van der Waals surface area contributed by atoms with Gasteiger partial charge in [0, 0.05) is 16.2 Å². The largest absolute Gasteiger partial charge is 0.489 e. The van der Waals surface area contributed by atoms with Gasteiger partial charge in [0.15, 0.2) is 0 Å². The second kappa shape index (κ2) is 5.93. The normalized spacial score (nSPS) is 10.1. The molecule has 0 aliphatic rings. The number of nitrogens with two attached hydrogens (primary N) is 1. The van der Waals surface area contributed by atoms with Crippen molar-refractivity contribution >= 4 is 33.1 Å². The first-order chi connectivity index (χ1) is 8.66. The van der Waals surface area contributed by atoms with Crippen LogP contribution >= 0.6 is 28.1 Å². The highest BCUT2D eigenvalue weighted by Gasteiger charge is 2.06. The number of pyridine rings is 1. The lowest BCUT2D eigenvalue weighted by molar-refractivity contribution is 0.305. The number of thiocarbonyl (C=S) groups is 1. The van der Waals surface area contributed by atoms with Crippen molar-refractivity contribution in [3.8, 4) is 5.75 Å². The minimum atomic E-state index is 0.281. The van der Waals surface area contributed by atoms with Crippen molar-refractivity contribution < 1.29 is 4.74 Å². The fraction of sp³-hybridized carbons (Fsp3) is 0.0769. The van der Waals surface area contributed by atoms with Crippen LogP contribution in [0.2, 0.25) is 0 Å². The van der Waals surface area contributed by atoms with Gasteiger partial charge in [-0.15, -0.1) is 0 Å². The molecule has 1 aromatic carbocycles. The van der Waals surface area contributed by atoms with Gasteiger partial charge in [-0.25, -0.2) is 0 Å². The maximum atomic E-state index is 5.68. The highest BCUT2D eigenvalue weighted by atomic mass is 79.9. The molecule has 2 rings (SSSR count). The van der Waals surface area contributed by atoms with Gasteiger partial charge >= 0.3 is 0 Å². The molecule has 0 unspecified atom stereocenters. The summed E-state index contributed by atoms with van der Waals surface area (Å²) in [7, 11) is 0. The molecule has 0 spiro atoms. The van der Waals surface area contributed by atoms with E-state index in [9.17, 15) is 0 Å². The van der Waals surface area contributed by atoms with E-state index in [4.69, 9.17) is 22.7 Å². The summed E-state index contributed by atoms with van der Waals surface area (Å²) in [5.74, 6) is 0.780. The smallest absolute Gasteiger partial charge is 0.123 e. The summed E-state index contributed by atoms with van der Waals surface area (Å²) in [6, 6.07) is 11.4. The van der Waals surface area contributed by atoms with Gasteiger partial charge in [-0.3, -0.25) is 4.98 Å². The quantitative estimate of drug-likeness (QED) is 0.879. The molecule has 0 bridgehead atoms. The van der Waals surface area contributed by atoms with Crippen molar-refractivity contribution in [1.29, 1.82) is 0 Å². The van der Waals surface area contributed by atoms with Gasteiger partial charge in [-0.05, 0) is 24.3 Å². The standard InChI is InChI=1S/C13H11BrN2OS/c14-10-4-1-5-11(7-10)17-8-9-3-2-6-16-12(9)13(15)18/h1-7H,8H2,(H2,15,18). The summed E-state index contributed by atoms with van der Waals surface area (Å²) in [6.07, 6.45) is 1.66. The Morgan fingerprint density at radius 3 is 2.89 bits per heavy atom. The topological polar surface area (TPSA) is 48.1 Å². The Morgan fingerprint density at radius 2 is 2.17 bits per heavy atom. The summed E-state index contributed by atoms with van der Waals surface area (Å²) in [5.41, 5.74) is 7.11. The molecular formula is C13H11BrN2OS. The predicted molar refractivity (Wildman–Crippen MR) is 78.6 cm³/mol. The monoisotopic (exact) mass is 322 g/mol. The van der Waals surface area contributed by atoms with Gasteiger partial charge in [0.1, 0.15) is 23.0 Å². The first-order valence-electron chi connectivity index (χ1n) is 5.29. The lowest BCUT2D eigenvalue weighted by Crippen LogP contribution is -2.15. The first kappa shape index (κ1) is 13.0. The summed E-state index contributed by atoms with van der Waals surface area (Å²) in [4.78, 5) is 4.43. The van der Waals surface area contributed by atoms with Crippen LogP contribution in [0.5, 0.6) is 5.75 Å². The van der Waals surface area contributed by atoms with Crippen molar-refractivity contribution in [2.45, 2.75) is 6.61 Å². The molecule has 2 N–H and O–H groups in total. The van der Waals surface area contributed by atoms with Crippen LogP contribution in [-0.4, -0.2) is 9.97 Å². The fourth-order valence-electron chi connectivity index (χ4n) is 1.49. The Bertz CT molecular complexity index is 574. The molecule has 18 heavy (non-hydrogen) atoms. The van der Waals surface area contributed by atoms with Crippen molar-refractivity contribution in [2.75, 3.05) is 0 Å². The molecule has 0 radical (unpaired) electrons. The van der Waals surface area contributed by atoms with Crippen LogP contribution in [0.4, 0.5) is 0 Å². The van der Waals surface area contributed by atoms with Gasteiger partial charge in [0.25, 0.3) is 0 Å². The molecule has 1 aromatic heterocycles. The third-order valence-electron chi connectivity index (χ3n) is 2.32. The van der Waals surface area contributed by atoms with Crippen molar-refractivity contribution in [3.63, 3.8) is 0 Å². The van der Waals surface area contributed by atoms with E-state index in [0.717, 1.165) is 15.8 Å². The van der Waals surface area contributed by atoms with Gasteiger partial charge in [-0.1, -0.05) is 40.3 Å².